The smallest absolute Gasteiger partial charge is 0.151 e. The average Bonchev–Trinajstić information content (AvgIpc) is 2.96. The Balaban J connectivity index is 1.23. The fourth-order valence-electron chi connectivity index (χ4n) is 4.86. The molecule has 27 heavy (non-hydrogen) atoms. The number of likely N-dealkylation sites (N-methyl/N-ethyl adjacent to an activating group) is 1. The molecule has 1 fully saturated rings. The van der Waals surface area contributed by atoms with Gasteiger partial charge in [0.1, 0.15) is 0 Å². The van der Waals surface area contributed by atoms with E-state index in [0.29, 0.717) is 6.04 Å². The highest BCUT2D eigenvalue weighted by Gasteiger charge is 2.32. The molecule has 3 heterocycles. The number of hydrogen-bond donors (Lipinski definition) is 0. The van der Waals surface area contributed by atoms with Gasteiger partial charge in [-0.3, -0.25) is 9.58 Å². The molecule has 0 amide bonds. The average molecular weight is 367 g/mol. The van der Waals surface area contributed by atoms with Gasteiger partial charge in [-0.1, -0.05) is 0 Å². The minimum atomic E-state index is 0.581. The van der Waals surface area contributed by atoms with Gasteiger partial charge < -0.3 is 4.90 Å². The van der Waals surface area contributed by atoms with Gasteiger partial charge in [0.2, 0.25) is 0 Å². The molecule has 3 aliphatic rings. The summed E-state index contributed by atoms with van der Waals surface area (Å²) in [4.78, 5) is 4.87. The van der Waals surface area contributed by atoms with Crippen LogP contribution in [0, 0.1) is 0 Å². The van der Waals surface area contributed by atoms with E-state index in [0.717, 1.165) is 38.3 Å². The lowest BCUT2D eigenvalue weighted by Gasteiger charge is -2.44. The second-order valence-corrected chi connectivity index (χ2v) is 8.56. The molecule has 0 radical (unpaired) electrons. The molecule has 5 rings (SSSR count). The summed E-state index contributed by atoms with van der Waals surface area (Å²) in [6, 6.07) is 2.87. The number of rotatable bonds is 4. The second-order valence-electron chi connectivity index (χ2n) is 8.56. The maximum atomic E-state index is 4.77. The minimum absolute atomic E-state index is 0.581. The molecule has 0 bridgehead atoms. The predicted molar refractivity (Wildman–Crippen MR) is 106 cm³/mol. The van der Waals surface area contributed by atoms with Crippen molar-refractivity contribution in [2.75, 3.05) is 25.0 Å². The van der Waals surface area contributed by atoms with E-state index in [9.17, 15) is 0 Å². The molecule has 2 aromatic rings. The normalized spacial score (nSPS) is 19.7. The van der Waals surface area contributed by atoms with Crippen LogP contribution in [0.1, 0.15) is 53.9 Å². The first kappa shape index (κ1) is 17.2. The molecule has 0 unspecified atom stereocenters. The zero-order valence-electron chi connectivity index (χ0n) is 16.6. The van der Waals surface area contributed by atoms with Crippen molar-refractivity contribution in [2.45, 2.75) is 64.0 Å². The van der Waals surface area contributed by atoms with Crippen molar-refractivity contribution in [1.82, 2.24) is 24.9 Å². The Bertz CT molecular complexity index is 835. The van der Waals surface area contributed by atoms with Crippen LogP contribution in [0.5, 0.6) is 0 Å². The van der Waals surface area contributed by atoms with Crippen molar-refractivity contribution in [3.05, 3.63) is 34.3 Å². The molecular weight excluding hydrogens is 336 g/mol. The van der Waals surface area contributed by atoms with Crippen LogP contribution in [0.15, 0.2) is 6.07 Å². The van der Waals surface area contributed by atoms with Crippen LogP contribution in [-0.2, 0) is 39.3 Å². The summed E-state index contributed by atoms with van der Waals surface area (Å²) in [7, 11) is 4.36. The zero-order chi connectivity index (χ0) is 18.4. The Morgan fingerprint density at radius 3 is 2.59 bits per heavy atom. The third kappa shape index (κ3) is 3.14. The van der Waals surface area contributed by atoms with Crippen LogP contribution in [0.4, 0.5) is 5.82 Å². The molecule has 0 saturated carbocycles. The minimum Gasteiger partial charge on any atom is -0.352 e. The van der Waals surface area contributed by atoms with Crippen molar-refractivity contribution in [3.63, 3.8) is 0 Å². The molecule has 6 heteroatoms. The van der Waals surface area contributed by atoms with Crippen molar-refractivity contribution in [1.29, 1.82) is 0 Å². The Labute approximate surface area is 161 Å². The first-order valence-electron chi connectivity index (χ1n) is 10.5. The number of hydrogen-bond acceptors (Lipinski definition) is 5. The first-order valence-corrected chi connectivity index (χ1v) is 10.5. The van der Waals surface area contributed by atoms with Crippen molar-refractivity contribution >= 4 is 5.82 Å². The lowest BCUT2D eigenvalue weighted by Crippen LogP contribution is -2.58. The molecule has 6 nitrogen and oxygen atoms in total. The molecule has 0 aromatic carbocycles. The molecule has 1 saturated heterocycles. The van der Waals surface area contributed by atoms with E-state index in [1.807, 2.05) is 0 Å². The van der Waals surface area contributed by atoms with Crippen LogP contribution < -0.4 is 4.90 Å². The lowest BCUT2D eigenvalue weighted by atomic mass is 9.95. The van der Waals surface area contributed by atoms with Crippen LogP contribution >= 0.6 is 0 Å². The topological polar surface area (TPSA) is 50.1 Å². The summed E-state index contributed by atoms with van der Waals surface area (Å²) in [5, 5.41) is 13.8. The molecule has 0 N–H and O–H groups in total. The number of fused-ring (bicyclic) bond motifs is 2. The van der Waals surface area contributed by atoms with E-state index in [2.05, 4.69) is 44.8 Å². The summed E-state index contributed by atoms with van der Waals surface area (Å²) in [6.07, 6.45) is 9.77. The van der Waals surface area contributed by atoms with E-state index in [4.69, 9.17) is 5.10 Å². The maximum absolute atomic E-state index is 4.77. The van der Waals surface area contributed by atoms with Gasteiger partial charge in [0.25, 0.3) is 0 Å². The standard InChI is InChI=1S/C21H30N6/c1-25(14-20-17-8-4-6-10-19(17)24-26(20)2)16-12-27(13-16)21-11-15-7-3-5-9-18(15)22-23-21/h11,16H,3-10,12-14H2,1-2H3. The molecular formula is C21H30N6. The number of aromatic nitrogens is 4. The van der Waals surface area contributed by atoms with Gasteiger partial charge in [-0.2, -0.15) is 10.2 Å². The van der Waals surface area contributed by atoms with Crippen molar-refractivity contribution < 1.29 is 0 Å². The van der Waals surface area contributed by atoms with Crippen molar-refractivity contribution in [2.24, 2.45) is 7.05 Å². The van der Waals surface area contributed by atoms with E-state index in [1.165, 1.54) is 66.7 Å². The summed E-state index contributed by atoms with van der Waals surface area (Å²) >= 11 is 0. The highest BCUT2D eigenvalue weighted by atomic mass is 15.4. The fourth-order valence-corrected chi connectivity index (χ4v) is 4.86. The maximum Gasteiger partial charge on any atom is 0.151 e. The summed E-state index contributed by atoms with van der Waals surface area (Å²) < 4.78 is 2.12. The predicted octanol–water partition coefficient (Wildman–Crippen LogP) is 2.29. The molecule has 0 atom stereocenters. The third-order valence-electron chi connectivity index (χ3n) is 6.71. The number of aryl methyl sites for hydroxylation is 4. The Hall–Kier alpha value is -1.95. The first-order chi connectivity index (χ1) is 13.2. The van der Waals surface area contributed by atoms with E-state index < -0.39 is 0 Å². The van der Waals surface area contributed by atoms with Crippen LogP contribution in [0.3, 0.4) is 0 Å². The Morgan fingerprint density at radius 1 is 1.00 bits per heavy atom. The van der Waals surface area contributed by atoms with Gasteiger partial charge in [0.15, 0.2) is 5.82 Å². The Kier molecular flexibility index (Phi) is 4.38. The zero-order valence-corrected chi connectivity index (χ0v) is 16.6. The quantitative estimate of drug-likeness (QED) is 0.831. The monoisotopic (exact) mass is 366 g/mol. The summed E-state index contributed by atoms with van der Waals surface area (Å²) in [5.74, 6) is 1.07. The van der Waals surface area contributed by atoms with E-state index in [1.54, 1.807) is 0 Å². The molecule has 0 spiro atoms. The molecule has 2 aliphatic carbocycles. The van der Waals surface area contributed by atoms with Gasteiger partial charge >= 0.3 is 0 Å². The molecule has 1 aliphatic heterocycles. The third-order valence-corrected chi connectivity index (χ3v) is 6.71. The largest absolute Gasteiger partial charge is 0.352 e. The summed E-state index contributed by atoms with van der Waals surface area (Å²) in [5.41, 5.74) is 6.92. The van der Waals surface area contributed by atoms with Gasteiger partial charge in [0.05, 0.1) is 17.1 Å². The number of nitrogens with zero attached hydrogens (tertiary/aromatic N) is 6. The van der Waals surface area contributed by atoms with Crippen LogP contribution in [-0.4, -0.2) is 51.1 Å². The van der Waals surface area contributed by atoms with Gasteiger partial charge in [0, 0.05) is 32.7 Å². The van der Waals surface area contributed by atoms with Crippen molar-refractivity contribution in [3.8, 4) is 0 Å². The molecule has 144 valence electrons. The fraction of sp³-hybridized carbons (Fsp3) is 0.667. The van der Waals surface area contributed by atoms with Gasteiger partial charge in [-0.05, 0) is 75.6 Å². The van der Waals surface area contributed by atoms with E-state index in [-0.39, 0.29) is 0 Å². The van der Waals surface area contributed by atoms with Crippen LogP contribution in [0.2, 0.25) is 0 Å². The SMILES string of the molecule is CN(Cc1c2c(nn1C)CCCC2)C1CN(c2cc3c(nn2)CCCC3)C1. The highest BCUT2D eigenvalue weighted by molar-refractivity contribution is 5.45. The van der Waals surface area contributed by atoms with Crippen LogP contribution in [0.25, 0.3) is 0 Å². The van der Waals surface area contributed by atoms with E-state index >= 15 is 0 Å². The molecule has 2 aromatic heterocycles. The second kappa shape index (κ2) is 6.89. The van der Waals surface area contributed by atoms with Gasteiger partial charge in [-0.25, -0.2) is 0 Å². The van der Waals surface area contributed by atoms with Gasteiger partial charge in [-0.15, -0.1) is 5.10 Å². The Morgan fingerprint density at radius 2 is 1.74 bits per heavy atom. The number of anilines is 1. The summed E-state index contributed by atoms with van der Waals surface area (Å²) in [6.45, 7) is 3.08. The lowest BCUT2D eigenvalue weighted by molar-refractivity contribution is 0.191. The highest BCUT2D eigenvalue weighted by Crippen LogP contribution is 2.28.